The molecule has 1 rings (SSSR count). The van der Waals surface area contributed by atoms with Crippen LogP contribution in [-0.4, -0.2) is 12.3 Å². The normalized spacial score (nSPS) is 21.2. The van der Waals surface area contributed by atoms with Crippen molar-refractivity contribution in [1.82, 2.24) is 0 Å². The lowest BCUT2D eigenvalue weighted by molar-refractivity contribution is 0.434. The Bertz CT molecular complexity index is 105. The van der Waals surface area contributed by atoms with Crippen LogP contribution in [0.1, 0.15) is 19.8 Å². The van der Waals surface area contributed by atoms with Gasteiger partial charge in [-0.05, 0) is 19.8 Å². The topological polar surface area (TPSA) is 24.7 Å². The zero-order chi connectivity index (χ0) is 6.04. The van der Waals surface area contributed by atoms with Gasteiger partial charge in [-0.25, -0.2) is 0 Å². The molecule has 3 heteroatoms. The van der Waals surface area contributed by atoms with Crippen LogP contribution in [0.4, 0.5) is 4.39 Å². The molecule has 0 aromatic heterocycles. The smallest absolute Gasteiger partial charge is 0.188 e. The third-order valence-electron chi connectivity index (χ3n) is 1.23. The van der Waals surface area contributed by atoms with Crippen LogP contribution in [0.2, 0.25) is 0 Å². The van der Waals surface area contributed by atoms with Gasteiger partial charge in [0.2, 0.25) is 0 Å². The van der Waals surface area contributed by atoms with Gasteiger partial charge in [-0.1, -0.05) is 0 Å². The predicted octanol–water partition coefficient (Wildman–Crippen LogP) is 1.92. The van der Waals surface area contributed by atoms with Crippen LogP contribution >= 0.6 is 0 Å². The summed E-state index contributed by atoms with van der Waals surface area (Å²) < 4.78 is 11.5. The molecule has 0 N–H and O–H groups in total. The van der Waals surface area contributed by atoms with Crippen molar-refractivity contribution in [3.8, 4) is 0 Å². The molecule has 0 aromatic rings. The molecular weight excluding hydrogens is 107 g/mol. The van der Waals surface area contributed by atoms with Gasteiger partial charge in [-0.15, -0.1) is 0 Å². The minimum atomic E-state index is -0.249. The van der Waals surface area contributed by atoms with E-state index in [0.29, 0.717) is 6.42 Å². The second-order valence-electron chi connectivity index (χ2n) is 2.21. The summed E-state index contributed by atoms with van der Waals surface area (Å²) in [5.41, 5.74) is -0.188. The fourth-order valence-electron chi connectivity index (χ4n) is 0.587. The van der Waals surface area contributed by atoms with E-state index in [4.69, 9.17) is 0 Å². The molecule has 46 valence electrons. The van der Waals surface area contributed by atoms with Gasteiger partial charge in [0.25, 0.3) is 0 Å². The lowest BCUT2D eigenvalue weighted by Crippen LogP contribution is -2.02. The average molecular weight is 116 g/mol. The summed E-state index contributed by atoms with van der Waals surface area (Å²) in [5.74, 6) is 0. The molecule has 2 nitrogen and oxygen atoms in total. The fourth-order valence-corrected chi connectivity index (χ4v) is 0.587. The molecule has 0 bridgehead atoms. The number of nitrogens with zero attached hydrogens (tertiary/aromatic N) is 2. The first-order valence-corrected chi connectivity index (χ1v) is 2.77. The number of halogens is 1. The quantitative estimate of drug-likeness (QED) is 0.538. The van der Waals surface area contributed by atoms with Gasteiger partial charge in [0.15, 0.2) is 5.66 Å². The molecule has 0 atom stereocenters. The molecule has 0 saturated carbocycles. The highest BCUT2D eigenvalue weighted by Crippen LogP contribution is 2.31. The first-order chi connectivity index (χ1) is 3.77. The van der Waals surface area contributed by atoms with E-state index in [1.54, 1.807) is 0 Å². The third kappa shape index (κ3) is 1.25. The van der Waals surface area contributed by atoms with Gasteiger partial charge in [-0.3, -0.25) is 4.39 Å². The van der Waals surface area contributed by atoms with Crippen LogP contribution in [0.3, 0.4) is 0 Å². The van der Waals surface area contributed by atoms with Gasteiger partial charge < -0.3 is 0 Å². The van der Waals surface area contributed by atoms with E-state index < -0.39 is 0 Å². The molecule has 0 aliphatic carbocycles. The first-order valence-electron chi connectivity index (χ1n) is 2.77. The molecule has 0 radical (unpaired) electrons. The standard InChI is InChI=1S/C5H9FN2/c1-5(7-8-5)3-2-4-6/h2-4H2,1H3. The van der Waals surface area contributed by atoms with E-state index in [1.807, 2.05) is 6.92 Å². The molecule has 1 aliphatic rings. The van der Waals surface area contributed by atoms with Crippen LogP contribution < -0.4 is 0 Å². The molecular formula is C5H9FN2. The lowest BCUT2D eigenvalue weighted by Gasteiger charge is -1.97. The summed E-state index contributed by atoms with van der Waals surface area (Å²) in [6.45, 7) is 1.66. The summed E-state index contributed by atoms with van der Waals surface area (Å²) in [6, 6.07) is 0. The summed E-state index contributed by atoms with van der Waals surface area (Å²) in [4.78, 5) is 0. The van der Waals surface area contributed by atoms with E-state index in [-0.39, 0.29) is 12.3 Å². The maximum absolute atomic E-state index is 11.5. The SMILES string of the molecule is CC1(CCCF)N=N1. The van der Waals surface area contributed by atoms with Crippen molar-refractivity contribution >= 4 is 0 Å². The highest BCUT2D eigenvalue weighted by Gasteiger charge is 2.32. The Hall–Kier alpha value is -0.470. The highest BCUT2D eigenvalue weighted by atomic mass is 19.1. The van der Waals surface area contributed by atoms with Crippen molar-refractivity contribution in [1.29, 1.82) is 0 Å². The molecule has 8 heavy (non-hydrogen) atoms. The van der Waals surface area contributed by atoms with Crippen LogP contribution in [-0.2, 0) is 0 Å². The summed E-state index contributed by atoms with van der Waals surface area (Å²) in [6.07, 6.45) is 1.35. The van der Waals surface area contributed by atoms with Gasteiger partial charge in [0.1, 0.15) is 0 Å². The van der Waals surface area contributed by atoms with Crippen molar-refractivity contribution < 1.29 is 4.39 Å². The molecule has 0 unspecified atom stereocenters. The second kappa shape index (κ2) is 1.80. The third-order valence-corrected chi connectivity index (χ3v) is 1.23. The van der Waals surface area contributed by atoms with Crippen LogP contribution in [0, 0.1) is 0 Å². The highest BCUT2D eigenvalue weighted by molar-refractivity contribution is 4.87. The van der Waals surface area contributed by atoms with Crippen LogP contribution in [0.5, 0.6) is 0 Å². The summed E-state index contributed by atoms with van der Waals surface area (Å²) >= 11 is 0. The number of hydrogen-bond acceptors (Lipinski definition) is 2. The Morgan fingerprint density at radius 2 is 2.12 bits per heavy atom. The molecule has 0 fully saturated rings. The lowest BCUT2D eigenvalue weighted by atomic mass is 10.1. The molecule has 0 aromatic carbocycles. The molecule has 0 spiro atoms. The van der Waals surface area contributed by atoms with Crippen LogP contribution in [0.25, 0.3) is 0 Å². The maximum atomic E-state index is 11.5. The molecule has 0 saturated heterocycles. The zero-order valence-electron chi connectivity index (χ0n) is 4.89. The Balaban J connectivity index is 2.03. The summed E-state index contributed by atoms with van der Waals surface area (Å²) in [5, 5.41) is 7.46. The average Bonchev–Trinajstić information content (AvgIpc) is 2.45. The van der Waals surface area contributed by atoms with Gasteiger partial charge >= 0.3 is 0 Å². The van der Waals surface area contributed by atoms with Crippen molar-refractivity contribution in [2.75, 3.05) is 6.67 Å². The Morgan fingerprint density at radius 3 is 2.50 bits per heavy atom. The van der Waals surface area contributed by atoms with E-state index in [9.17, 15) is 4.39 Å². The van der Waals surface area contributed by atoms with Gasteiger partial charge in [-0.2, -0.15) is 10.2 Å². The number of hydrogen-bond donors (Lipinski definition) is 0. The fraction of sp³-hybridized carbons (Fsp3) is 1.00. The van der Waals surface area contributed by atoms with Gasteiger partial charge in [0, 0.05) is 0 Å². The number of alkyl halides is 1. The number of rotatable bonds is 3. The zero-order valence-corrected chi connectivity index (χ0v) is 4.89. The first kappa shape index (κ1) is 5.66. The summed E-state index contributed by atoms with van der Waals surface area (Å²) in [7, 11) is 0. The van der Waals surface area contributed by atoms with Crippen molar-refractivity contribution in [3.05, 3.63) is 0 Å². The largest absolute Gasteiger partial charge is 0.251 e. The maximum Gasteiger partial charge on any atom is 0.188 e. The molecule has 0 amide bonds. The predicted molar refractivity (Wildman–Crippen MR) is 28.5 cm³/mol. The van der Waals surface area contributed by atoms with E-state index >= 15 is 0 Å². The van der Waals surface area contributed by atoms with Crippen molar-refractivity contribution in [2.24, 2.45) is 10.2 Å². The van der Waals surface area contributed by atoms with Crippen molar-refractivity contribution in [2.45, 2.75) is 25.4 Å². The van der Waals surface area contributed by atoms with Gasteiger partial charge in [0.05, 0.1) is 6.67 Å². The monoisotopic (exact) mass is 116 g/mol. The van der Waals surface area contributed by atoms with E-state index in [2.05, 4.69) is 10.2 Å². The van der Waals surface area contributed by atoms with Crippen LogP contribution in [0.15, 0.2) is 10.2 Å². The minimum absolute atomic E-state index is 0.188. The Labute approximate surface area is 47.8 Å². The molecule has 1 heterocycles. The van der Waals surface area contributed by atoms with Crippen molar-refractivity contribution in [3.63, 3.8) is 0 Å². The van der Waals surface area contributed by atoms with E-state index in [0.717, 1.165) is 6.42 Å². The van der Waals surface area contributed by atoms with E-state index in [1.165, 1.54) is 0 Å². The Morgan fingerprint density at radius 1 is 1.50 bits per heavy atom. The second-order valence-corrected chi connectivity index (χ2v) is 2.21. The Kier molecular flexibility index (Phi) is 1.27. The minimum Gasteiger partial charge on any atom is -0.251 e. The molecule has 1 aliphatic heterocycles.